The average molecular weight is 723 g/mol. The molecule has 1 aliphatic carbocycles. The number of fused-ring (bicyclic) bond motifs is 3. The Balaban J connectivity index is 1.21. The predicted octanol–water partition coefficient (Wildman–Crippen LogP) is 3.88. The highest BCUT2D eigenvalue weighted by atomic mass is 31.2. The van der Waals surface area contributed by atoms with Crippen molar-refractivity contribution >= 4 is 52.9 Å². The van der Waals surface area contributed by atoms with Crippen molar-refractivity contribution < 1.29 is 42.3 Å². The fraction of sp³-hybridized carbons (Fsp3) is 0.400. The normalized spacial score (nSPS) is 21.4. The molecule has 16 heteroatoms. The quantitative estimate of drug-likeness (QED) is 0.208. The van der Waals surface area contributed by atoms with Gasteiger partial charge in [0.2, 0.25) is 11.8 Å². The zero-order valence-electron chi connectivity index (χ0n) is 27.9. The number of carbonyl (C=O) groups excluding carboxylic acids is 4. The fourth-order valence-corrected chi connectivity index (χ4v) is 7.69. The van der Waals surface area contributed by atoms with E-state index in [2.05, 4.69) is 15.5 Å². The summed E-state index contributed by atoms with van der Waals surface area (Å²) in [5.74, 6) is -1.86. The van der Waals surface area contributed by atoms with Crippen molar-refractivity contribution in [2.24, 2.45) is 0 Å². The lowest BCUT2D eigenvalue weighted by Gasteiger charge is -2.39. The molecule has 3 heterocycles. The van der Waals surface area contributed by atoms with E-state index < -0.39 is 48.6 Å². The highest BCUT2D eigenvalue weighted by Gasteiger charge is 2.51. The topological polar surface area (TPSA) is 176 Å². The Morgan fingerprint density at radius 3 is 2.47 bits per heavy atom. The first-order valence-corrected chi connectivity index (χ1v) is 18.4. The Morgan fingerprint density at radius 1 is 1.00 bits per heavy atom. The van der Waals surface area contributed by atoms with Crippen LogP contribution in [0.4, 0.5) is 8.78 Å². The number of rotatable bonds is 7. The molecule has 2 saturated heterocycles. The van der Waals surface area contributed by atoms with Crippen molar-refractivity contribution in [2.45, 2.75) is 68.9 Å². The van der Waals surface area contributed by atoms with Crippen LogP contribution in [0.1, 0.15) is 64.1 Å². The molecule has 1 saturated carbocycles. The van der Waals surface area contributed by atoms with Gasteiger partial charge in [-0.3, -0.25) is 28.8 Å². The number of hydrogen-bond donors (Lipinski definition) is 4. The number of benzene rings is 3. The van der Waals surface area contributed by atoms with E-state index in [9.17, 15) is 42.3 Å². The van der Waals surface area contributed by atoms with Gasteiger partial charge in [0.1, 0.15) is 12.1 Å². The van der Waals surface area contributed by atoms with Gasteiger partial charge in [-0.15, -0.1) is 0 Å². The van der Waals surface area contributed by atoms with Crippen molar-refractivity contribution in [3.63, 3.8) is 0 Å². The molecule has 4 aromatic rings. The third kappa shape index (κ3) is 6.38. The Bertz CT molecular complexity index is 2130. The molecule has 268 valence electrons. The van der Waals surface area contributed by atoms with Crippen LogP contribution in [0.3, 0.4) is 0 Å². The third-order valence-corrected chi connectivity index (χ3v) is 11.2. The second-order valence-corrected chi connectivity index (χ2v) is 15.4. The molecule has 0 bridgehead atoms. The first kappa shape index (κ1) is 34.7. The number of alkyl halides is 2. The summed E-state index contributed by atoms with van der Waals surface area (Å²) in [7, 11) is -4.10. The molecule has 4 amide bonds. The summed E-state index contributed by atoms with van der Waals surface area (Å²) >= 11 is 0. The van der Waals surface area contributed by atoms with Gasteiger partial charge >= 0.3 is 13.3 Å². The average Bonchev–Trinajstić information content (AvgIpc) is 3.73. The maximum Gasteiger partial charge on any atom is 0.399 e. The van der Waals surface area contributed by atoms with E-state index in [0.29, 0.717) is 35.6 Å². The third-order valence-electron chi connectivity index (χ3n) is 10.2. The number of aromatic amines is 1. The maximum absolute atomic E-state index is 14.5. The minimum atomic E-state index is -5.84. The first-order valence-electron chi connectivity index (χ1n) is 16.8. The molecule has 51 heavy (non-hydrogen) atoms. The summed E-state index contributed by atoms with van der Waals surface area (Å²) in [6.45, 7) is 1.90. The van der Waals surface area contributed by atoms with Crippen LogP contribution in [0.15, 0.2) is 54.6 Å². The van der Waals surface area contributed by atoms with Crippen LogP contribution in [0.25, 0.3) is 21.7 Å². The second kappa shape index (κ2) is 12.8. The molecule has 3 atom stereocenters. The Kier molecular flexibility index (Phi) is 8.71. The number of aromatic nitrogens is 2. The van der Waals surface area contributed by atoms with E-state index >= 15 is 0 Å². The second-order valence-electron chi connectivity index (χ2n) is 13.7. The predicted molar refractivity (Wildman–Crippen MR) is 182 cm³/mol. The van der Waals surface area contributed by atoms with Crippen LogP contribution >= 0.6 is 7.60 Å². The van der Waals surface area contributed by atoms with Gasteiger partial charge in [0, 0.05) is 42.2 Å². The van der Waals surface area contributed by atoms with Crippen molar-refractivity contribution in [3.05, 3.63) is 77.0 Å². The molecule has 4 N–H and O–H groups in total. The van der Waals surface area contributed by atoms with Gasteiger partial charge in [0.15, 0.2) is 5.69 Å². The monoisotopic (exact) mass is 722 g/mol. The van der Waals surface area contributed by atoms with Gasteiger partial charge in [-0.2, -0.15) is 13.9 Å². The number of aryl methyl sites for hydroxylation is 1. The van der Waals surface area contributed by atoms with Crippen LogP contribution in [0, 0.1) is 6.92 Å². The van der Waals surface area contributed by atoms with E-state index in [-0.39, 0.29) is 47.7 Å². The Labute approximate surface area is 291 Å². The smallest absolute Gasteiger partial charge is 0.341 e. The lowest BCUT2D eigenvalue weighted by molar-refractivity contribution is -0.147. The number of nitrogens with one attached hydrogen (secondary N) is 2. The van der Waals surface area contributed by atoms with E-state index in [1.807, 2.05) is 25.1 Å². The molecule has 2 aliphatic heterocycles. The maximum atomic E-state index is 14.5. The Morgan fingerprint density at radius 2 is 1.75 bits per heavy atom. The molecule has 3 aliphatic rings. The minimum absolute atomic E-state index is 0.0142. The SMILES string of the molecule is Cc1ccc2[nH]nc(C(=O)N3CC[C@H]4CC[C@@H](C(=O)N(C)C5CC5)N4C(=O)[C@@H](NC(=O)c4ccc5ccc(C(F)(F)P(=O)(O)O)cc5c4)C3)c2c1. The van der Waals surface area contributed by atoms with Crippen LogP contribution in [-0.2, 0) is 19.8 Å². The molecule has 7 rings (SSSR count). The molecule has 1 aromatic heterocycles. The number of hydrogen-bond acceptors (Lipinski definition) is 6. The Hall–Kier alpha value is -4.72. The summed E-state index contributed by atoms with van der Waals surface area (Å²) in [5.41, 5.74) is -3.62. The summed E-state index contributed by atoms with van der Waals surface area (Å²) in [6.07, 6.45) is 3.20. The molecule has 3 fully saturated rings. The standard InChI is InChI=1S/C35H37F2N6O7P/c1-19-3-11-27-26(15-19)30(40-39-27)34(47)42-14-13-25-10-12-29(33(46)41(2)24-8-9-24)43(25)32(45)28(18-42)38-31(44)21-5-4-20-6-7-23(17-22(20)16-21)35(36,37)51(48,49)50/h3-7,11,15-17,24-25,28-29H,8-10,12-14,18H2,1-2H3,(H,38,44)(H,39,40)(H2,48,49,50)/t25-,28+,29+/m1/s1. The van der Waals surface area contributed by atoms with Crippen molar-refractivity contribution in [1.29, 1.82) is 0 Å². The minimum Gasteiger partial charge on any atom is -0.341 e. The van der Waals surface area contributed by atoms with E-state index in [4.69, 9.17) is 0 Å². The lowest BCUT2D eigenvalue weighted by atomic mass is 10.0. The number of H-pyrrole nitrogens is 1. The molecule has 13 nitrogen and oxygen atoms in total. The molecule has 0 spiro atoms. The molecule has 0 unspecified atom stereocenters. The molecular formula is C35H37F2N6O7P. The zero-order chi connectivity index (χ0) is 36.4. The fourth-order valence-electron chi connectivity index (χ4n) is 7.21. The first-order chi connectivity index (χ1) is 24.1. The summed E-state index contributed by atoms with van der Waals surface area (Å²) in [5, 5.41) is 11.1. The van der Waals surface area contributed by atoms with E-state index in [1.54, 1.807) is 16.8 Å². The largest absolute Gasteiger partial charge is 0.399 e. The van der Waals surface area contributed by atoms with Crippen LogP contribution in [0.2, 0.25) is 0 Å². The highest BCUT2D eigenvalue weighted by Crippen LogP contribution is 2.59. The lowest BCUT2D eigenvalue weighted by Crippen LogP contribution is -2.61. The number of likely N-dealkylation sites (N-methyl/N-ethyl adjacent to an activating group) is 1. The van der Waals surface area contributed by atoms with Gasteiger partial charge in [0.25, 0.3) is 11.8 Å². The van der Waals surface area contributed by atoms with E-state index in [0.717, 1.165) is 30.5 Å². The molecule has 0 radical (unpaired) electrons. The molecule has 3 aromatic carbocycles. The van der Waals surface area contributed by atoms with E-state index in [1.165, 1.54) is 29.2 Å². The molecular weight excluding hydrogens is 685 g/mol. The van der Waals surface area contributed by atoms with Crippen molar-refractivity contribution in [2.75, 3.05) is 20.1 Å². The number of amides is 4. The van der Waals surface area contributed by atoms with Crippen molar-refractivity contribution in [1.82, 2.24) is 30.2 Å². The van der Waals surface area contributed by atoms with Crippen molar-refractivity contribution in [3.8, 4) is 0 Å². The van der Waals surface area contributed by atoms with Crippen LogP contribution < -0.4 is 5.32 Å². The number of carbonyl (C=O) groups is 4. The van der Waals surface area contributed by atoms with Crippen LogP contribution in [-0.4, -0.2) is 103 Å². The van der Waals surface area contributed by atoms with Gasteiger partial charge in [-0.05, 0) is 80.1 Å². The number of nitrogens with zero attached hydrogens (tertiary/aromatic N) is 4. The summed E-state index contributed by atoms with van der Waals surface area (Å²) in [4.78, 5) is 79.2. The van der Waals surface area contributed by atoms with Gasteiger partial charge < -0.3 is 29.8 Å². The summed E-state index contributed by atoms with van der Waals surface area (Å²) < 4.78 is 40.6. The highest BCUT2D eigenvalue weighted by molar-refractivity contribution is 7.52. The van der Waals surface area contributed by atoms with Gasteiger partial charge in [-0.25, -0.2) is 0 Å². The zero-order valence-corrected chi connectivity index (χ0v) is 28.8. The van der Waals surface area contributed by atoms with Gasteiger partial charge in [0.05, 0.1) is 12.1 Å². The van der Waals surface area contributed by atoms with Gasteiger partial charge in [-0.1, -0.05) is 29.8 Å². The van der Waals surface area contributed by atoms with Crippen LogP contribution in [0.5, 0.6) is 0 Å². The number of halogens is 2. The summed E-state index contributed by atoms with van der Waals surface area (Å²) in [6, 6.07) is 10.6.